The van der Waals surface area contributed by atoms with E-state index in [1.54, 1.807) is 10.8 Å². The summed E-state index contributed by atoms with van der Waals surface area (Å²) in [6, 6.07) is 9.38. The SMILES string of the molecule is Cc1c2c(n(Cc3c(F)cccc3F)c1C(=O)NCc1ccccn1)CCCC2. The van der Waals surface area contributed by atoms with Crippen molar-refractivity contribution in [1.82, 2.24) is 14.9 Å². The predicted molar refractivity (Wildman–Crippen MR) is 107 cm³/mol. The zero-order valence-corrected chi connectivity index (χ0v) is 16.3. The summed E-state index contributed by atoms with van der Waals surface area (Å²) in [6.07, 6.45) is 5.43. The van der Waals surface area contributed by atoms with Crippen LogP contribution in [0.5, 0.6) is 0 Å². The normalized spacial score (nSPS) is 13.2. The lowest BCUT2D eigenvalue weighted by Crippen LogP contribution is -2.27. The Labute approximate surface area is 168 Å². The highest BCUT2D eigenvalue weighted by Crippen LogP contribution is 2.31. The molecule has 6 heteroatoms. The number of hydrogen-bond donors (Lipinski definition) is 1. The zero-order chi connectivity index (χ0) is 20.4. The van der Waals surface area contributed by atoms with Gasteiger partial charge in [-0.2, -0.15) is 0 Å². The van der Waals surface area contributed by atoms with Crippen LogP contribution in [0.2, 0.25) is 0 Å². The molecule has 150 valence electrons. The summed E-state index contributed by atoms with van der Waals surface area (Å²) in [5.41, 5.74) is 4.26. The molecular weight excluding hydrogens is 372 g/mol. The maximum atomic E-state index is 14.3. The van der Waals surface area contributed by atoms with Crippen molar-refractivity contribution in [3.63, 3.8) is 0 Å². The van der Waals surface area contributed by atoms with E-state index in [2.05, 4.69) is 10.3 Å². The van der Waals surface area contributed by atoms with Crippen molar-refractivity contribution in [3.05, 3.63) is 88.0 Å². The number of rotatable bonds is 5. The molecule has 1 aliphatic rings. The molecule has 1 aromatic carbocycles. The van der Waals surface area contributed by atoms with E-state index in [4.69, 9.17) is 0 Å². The Bertz CT molecular complexity index is 1020. The molecule has 0 bridgehead atoms. The average Bonchev–Trinajstić information content (AvgIpc) is 3.02. The molecule has 0 saturated carbocycles. The summed E-state index contributed by atoms with van der Waals surface area (Å²) in [7, 11) is 0. The lowest BCUT2D eigenvalue weighted by Gasteiger charge is -2.18. The molecule has 3 aromatic rings. The van der Waals surface area contributed by atoms with Gasteiger partial charge in [0.05, 0.1) is 18.8 Å². The third-order valence-corrected chi connectivity index (χ3v) is 5.59. The van der Waals surface area contributed by atoms with Crippen molar-refractivity contribution < 1.29 is 13.6 Å². The molecular formula is C23H23F2N3O. The molecule has 2 aromatic heterocycles. The number of amides is 1. The Morgan fingerprint density at radius 2 is 1.86 bits per heavy atom. The van der Waals surface area contributed by atoms with Crippen LogP contribution in [0.15, 0.2) is 42.6 Å². The second kappa shape index (κ2) is 8.15. The molecule has 1 amide bonds. The molecule has 0 atom stereocenters. The molecule has 0 fully saturated rings. The number of pyridine rings is 1. The highest BCUT2D eigenvalue weighted by Gasteiger charge is 2.27. The van der Waals surface area contributed by atoms with Gasteiger partial charge in [0.15, 0.2) is 0 Å². The third kappa shape index (κ3) is 3.79. The monoisotopic (exact) mass is 395 g/mol. The highest BCUT2D eigenvalue weighted by molar-refractivity contribution is 5.95. The quantitative estimate of drug-likeness (QED) is 0.699. The molecule has 0 aliphatic heterocycles. The molecule has 1 N–H and O–H groups in total. The molecule has 1 aliphatic carbocycles. The minimum Gasteiger partial charge on any atom is -0.345 e. The Kier molecular flexibility index (Phi) is 5.43. The average molecular weight is 395 g/mol. The molecule has 0 saturated heterocycles. The number of nitrogens with zero attached hydrogens (tertiary/aromatic N) is 2. The van der Waals surface area contributed by atoms with E-state index < -0.39 is 11.6 Å². The molecule has 0 spiro atoms. The Hall–Kier alpha value is -3.02. The maximum absolute atomic E-state index is 14.3. The maximum Gasteiger partial charge on any atom is 0.268 e. The lowest BCUT2D eigenvalue weighted by atomic mass is 9.95. The fourth-order valence-corrected chi connectivity index (χ4v) is 4.14. The van der Waals surface area contributed by atoms with E-state index in [0.717, 1.165) is 48.2 Å². The van der Waals surface area contributed by atoms with E-state index in [-0.39, 0.29) is 18.0 Å². The van der Waals surface area contributed by atoms with Crippen LogP contribution in [-0.2, 0) is 25.9 Å². The summed E-state index contributed by atoms with van der Waals surface area (Å²) in [6.45, 7) is 2.22. The molecule has 4 nitrogen and oxygen atoms in total. The minimum atomic E-state index is -0.597. The zero-order valence-electron chi connectivity index (χ0n) is 16.3. The lowest BCUT2D eigenvalue weighted by molar-refractivity contribution is 0.0940. The number of benzene rings is 1. The van der Waals surface area contributed by atoms with Gasteiger partial charge in [0.1, 0.15) is 17.3 Å². The van der Waals surface area contributed by atoms with Crippen molar-refractivity contribution in [2.24, 2.45) is 0 Å². The van der Waals surface area contributed by atoms with E-state index in [9.17, 15) is 13.6 Å². The number of halogens is 2. The van der Waals surface area contributed by atoms with Gasteiger partial charge in [-0.3, -0.25) is 9.78 Å². The van der Waals surface area contributed by atoms with Crippen molar-refractivity contribution in [2.45, 2.75) is 45.7 Å². The molecule has 29 heavy (non-hydrogen) atoms. The summed E-state index contributed by atoms with van der Waals surface area (Å²) >= 11 is 0. The molecule has 2 heterocycles. The van der Waals surface area contributed by atoms with Crippen molar-refractivity contribution >= 4 is 5.91 Å². The first-order valence-electron chi connectivity index (χ1n) is 9.88. The Morgan fingerprint density at radius 1 is 1.10 bits per heavy atom. The largest absolute Gasteiger partial charge is 0.345 e. The van der Waals surface area contributed by atoms with Crippen LogP contribution in [0.1, 0.15) is 51.4 Å². The molecule has 4 rings (SSSR count). The van der Waals surface area contributed by atoms with Crippen LogP contribution >= 0.6 is 0 Å². The van der Waals surface area contributed by atoms with Crippen LogP contribution in [0.25, 0.3) is 0 Å². The van der Waals surface area contributed by atoms with Gasteiger partial charge in [0.2, 0.25) is 0 Å². The van der Waals surface area contributed by atoms with E-state index >= 15 is 0 Å². The summed E-state index contributed by atoms with van der Waals surface area (Å²) in [5, 5.41) is 2.91. The Morgan fingerprint density at radius 3 is 2.59 bits per heavy atom. The number of nitrogens with one attached hydrogen (secondary N) is 1. The van der Waals surface area contributed by atoms with Crippen LogP contribution in [0, 0.1) is 18.6 Å². The first kappa shape index (κ1) is 19.3. The first-order valence-corrected chi connectivity index (χ1v) is 9.88. The van der Waals surface area contributed by atoms with Gasteiger partial charge in [0, 0.05) is 17.5 Å². The number of hydrogen-bond acceptors (Lipinski definition) is 2. The van der Waals surface area contributed by atoms with Gasteiger partial charge in [-0.25, -0.2) is 8.78 Å². The second-order valence-corrected chi connectivity index (χ2v) is 7.40. The third-order valence-electron chi connectivity index (χ3n) is 5.59. The van der Waals surface area contributed by atoms with E-state index in [1.165, 1.54) is 18.2 Å². The van der Waals surface area contributed by atoms with Crippen molar-refractivity contribution in [3.8, 4) is 0 Å². The van der Waals surface area contributed by atoms with Gasteiger partial charge in [-0.15, -0.1) is 0 Å². The van der Waals surface area contributed by atoms with Gasteiger partial charge in [-0.05, 0) is 68.0 Å². The number of carbonyl (C=O) groups is 1. The van der Waals surface area contributed by atoms with Gasteiger partial charge in [-0.1, -0.05) is 12.1 Å². The number of carbonyl (C=O) groups excluding carboxylic acids is 1. The minimum absolute atomic E-state index is 0.00101. The van der Waals surface area contributed by atoms with Gasteiger partial charge in [0.25, 0.3) is 5.91 Å². The summed E-state index contributed by atoms with van der Waals surface area (Å²) < 4.78 is 30.4. The van der Waals surface area contributed by atoms with Crippen LogP contribution in [0.3, 0.4) is 0 Å². The summed E-state index contributed by atoms with van der Waals surface area (Å²) in [4.78, 5) is 17.3. The predicted octanol–water partition coefficient (Wildman–Crippen LogP) is 4.33. The van der Waals surface area contributed by atoms with Crippen molar-refractivity contribution in [1.29, 1.82) is 0 Å². The molecule has 0 unspecified atom stereocenters. The van der Waals surface area contributed by atoms with Crippen molar-refractivity contribution in [2.75, 3.05) is 0 Å². The fourth-order valence-electron chi connectivity index (χ4n) is 4.14. The molecule has 0 radical (unpaired) electrons. The number of fused-ring (bicyclic) bond motifs is 1. The van der Waals surface area contributed by atoms with Crippen LogP contribution in [-0.4, -0.2) is 15.5 Å². The standard InChI is InChI=1S/C23H23F2N3O/c1-15-17-8-2-3-11-21(17)28(14-18-19(24)9-6-10-20(18)25)22(15)23(29)27-13-16-7-4-5-12-26-16/h4-7,9-10,12H,2-3,8,11,13-14H2,1H3,(H,27,29). The summed E-state index contributed by atoms with van der Waals surface area (Å²) in [5.74, 6) is -1.44. The highest BCUT2D eigenvalue weighted by atomic mass is 19.1. The van der Waals surface area contributed by atoms with E-state index in [0.29, 0.717) is 12.2 Å². The fraction of sp³-hybridized carbons (Fsp3) is 0.304. The van der Waals surface area contributed by atoms with Crippen LogP contribution in [0.4, 0.5) is 8.78 Å². The first-order chi connectivity index (χ1) is 14.1. The van der Waals surface area contributed by atoms with Gasteiger partial charge >= 0.3 is 0 Å². The second-order valence-electron chi connectivity index (χ2n) is 7.40. The smallest absolute Gasteiger partial charge is 0.268 e. The van der Waals surface area contributed by atoms with Gasteiger partial charge < -0.3 is 9.88 Å². The van der Waals surface area contributed by atoms with E-state index in [1.807, 2.05) is 25.1 Å². The topological polar surface area (TPSA) is 46.9 Å². The Balaban J connectivity index is 1.71. The number of aromatic nitrogens is 2. The van der Waals surface area contributed by atoms with Crippen LogP contribution < -0.4 is 5.32 Å².